The molecule has 2 bridgehead atoms. The van der Waals surface area contributed by atoms with Gasteiger partial charge in [0.2, 0.25) is 0 Å². The van der Waals surface area contributed by atoms with E-state index in [0.717, 1.165) is 39.5 Å². The lowest BCUT2D eigenvalue weighted by atomic mass is 9.62. The van der Waals surface area contributed by atoms with E-state index in [1.807, 2.05) is 12.1 Å². The van der Waals surface area contributed by atoms with E-state index in [2.05, 4.69) is 41.5 Å². The van der Waals surface area contributed by atoms with Crippen LogP contribution in [0.1, 0.15) is 32.6 Å². The second-order valence-corrected chi connectivity index (χ2v) is 10.3. The summed E-state index contributed by atoms with van der Waals surface area (Å²) in [5.41, 5.74) is 1.67. The van der Waals surface area contributed by atoms with E-state index >= 15 is 0 Å². The Labute approximate surface area is 201 Å². The van der Waals surface area contributed by atoms with Gasteiger partial charge in [-0.25, -0.2) is 18.7 Å². The summed E-state index contributed by atoms with van der Waals surface area (Å²) < 4.78 is 28.5. The lowest BCUT2D eigenvalue weighted by molar-refractivity contribution is 0.0929. The summed E-state index contributed by atoms with van der Waals surface area (Å²) in [4.78, 5) is 12.8. The quantitative estimate of drug-likeness (QED) is 0.271. The van der Waals surface area contributed by atoms with E-state index in [0.29, 0.717) is 34.7 Å². The first-order valence-corrected chi connectivity index (χ1v) is 12.5. The Morgan fingerprint density at radius 2 is 1.63 bits per heavy atom. The number of benzene rings is 3. The highest BCUT2D eigenvalue weighted by molar-refractivity contribution is 6.03. The van der Waals surface area contributed by atoms with Crippen LogP contribution in [-0.4, -0.2) is 21.0 Å². The number of nitrogens with zero attached hydrogens (tertiary/aromatic N) is 2. The Morgan fingerprint density at radius 1 is 0.886 bits per heavy atom. The molecule has 2 N–H and O–H groups in total. The van der Waals surface area contributed by atoms with Crippen LogP contribution in [0.5, 0.6) is 0 Å². The number of fused-ring (bicyclic) bond motifs is 6. The third-order valence-corrected chi connectivity index (χ3v) is 8.45. The van der Waals surface area contributed by atoms with Crippen LogP contribution in [-0.2, 0) is 0 Å². The molecule has 0 unspecified atom stereocenters. The summed E-state index contributed by atoms with van der Waals surface area (Å²) in [6.07, 6.45) is 6.82. The van der Waals surface area contributed by atoms with Crippen molar-refractivity contribution in [3.8, 4) is 11.4 Å². The zero-order valence-corrected chi connectivity index (χ0v) is 19.5. The molecule has 8 rings (SSSR count). The smallest absolute Gasteiger partial charge is 0.164 e. The molecule has 3 aliphatic rings. The van der Waals surface area contributed by atoms with Crippen molar-refractivity contribution in [3.05, 3.63) is 66.4 Å². The predicted octanol–water partition coefficient (Wildman–Crippen LogP) is 7.45. The highest BCUT2D eigenvalue weighted by Crippen LogP contribution is 2.46. The topological polar surface area (TPSA) is 53.6 Å². The standard InChI is InChI=1S/C29H26F2N4/c1-15-16-6-8-17(9-7-16)26(15)34-28-22-10-18-4-2-3-5-19(18)11-25(22)33-29(35-28)23-14-32-27-21(23)12-20(30)13-24(27)31/h2-5,10-17,26,32H,6-9H2,1H3,(H,33,34,35)/t15-,16?,17?,26+/m0/s1. The van der Waals surface area contributed by atoms with Crippen LogP contribution in [0.2, 0.25) is 0 Å². The van der Waals surface area contributed by atoms with Crippen LogP contribution in [0.25, 0.3) is 44.0 Å². The fourth-order valence-electron chi connectivity index (χ4n) is 6.55. The Hall–Kier alpha value is -3.54. The number of H-pyrrole nitrogens is 1. The third-order valence-electron chi connectivity index (χ3n) is 8.45. The average Bonchev–Trinajstić information content (AvgIpc) is 3.29. The van der Waals surface area contributed by atoms with Gasteiger partial charge in [-0.1, -0.05) is 31.2 Å². The Kier molecular flexibility index (Phi) is 4.60. The first-order valence-electron chi connectivity index (χ1n) is 12.5. The Morgan fingerprint density at radius 3 is 2.40 bits per heavy atom. The third kappa shape index (κ3) is 3.30. The monoisotopic (exact) mass is 468 g/mol. The fraction of sp³-hybridized carbons (Fsp3) is 0.310. The molecule has 2 heterocycles. The number of rotatable bonds is 3. The van der Waals surface area contributed by atoms with Gasteiger partial charge < -0.3 is 10.3 Å². The molecule has 0 radical (unpaired) electrons. The van der Waals surface area contributed by atoms with Gasteiger partial charge in [0, 0.05) is 34.6 Å². The fourth-order valence-corrected chi connectivity index (χ4v) is 6.55. The SMILES string of the molecule is C[C@H]1C2CCC(CC2)[C@@H]1Nc1nc(-c2c[nH]c3c(F)cc(F)cc23)nc2cc3ccccc3cc12. The molecule has 6 heteroatoms. The Balaban J connectivity index is 1.44. The maximum atomic E-state index is 14.4. The van der Waals surface area contributed by atoms with Crippen LogP contribution in [0.4, 0.5) is 14.6 Å². The molecule has 2 atom stereocenters. The minimum atomic E-state index is -0.622. The minimum Gasteiger partial charge on any atom is -0.366 e. The second kappa shape index (κ2) is 7.74. The van der Waals surface area contributed by atoms with E-state index < -0.39 is 11.6 Å². The van der Waals surface area contributed by atoms with E-state index in [1.54, 1.807) is 6.20 Å². The van der Waals surface area contributed by atoms with Crippen molar-refractivity contribution in [1.82, 2.24) is 15.0 Å². The van der Waals surface area contributed by atoms with Gasteiger partial charge in [0.25, 0.3) is 0 Å². The van der Waals surface area contributed by atoms with Crippen molar-refractivity contribution in [3.63, 3.8) is 0 Å². The number of hydrogen-bond acceptors (Lipinski definition) is 3. The molecule has 35 heavy (non-hydrogen) atoms. The number of anilines is 1. The molecule has 5 aromatic rings. The molecule has 3 aliphatic carbocycles. The normalized spacial score (nSPS) is 24.0. The molecule has 0 amide bonds. The predicted molar refractivity (Wildman–Crippen MR) is 136 cm³/mol. The largest absolute Gasteiger partial charge is 0.366 e. The molecular formula is C29H26F2N4. The molecule has 0 saturated heterocycles. The molecule has 4 nitrogen and oxygen atoms in total. The summed E-state index contributed by atoms with van der Waals surface area (Å²) in [5.74, 6) is 1.99. The van der Waals surface area contributed by atoms with E-state index in [1.165, 1.54) is 31.7 Å². The van der Waals surface area contributed by atoms with Gasteiger partial charge in [0.15, 0.2) is 5.82 Å². The van der Waals surface area contributed by atoms with E-state index in [9.17, 15) is 8.78 Å². The minimum absolute atomic E-state index is 0.260. The zero-order valence-electron chi connectivity index (χ0n) is 19.5. The number of nitrogens with one attached hydrogen (secondary N) is 2. The van der Waals surface area contributed by atoms with E-state index in [4.69, 9.17) is 9.97 Å². The van der Waals surface area contributed by atoms with Crippen molar-refractivity contribution in [1.29, 1.82) is 0 Å². The highest BCUT2D eigenvalue weighted by Gasteiger charge is 2.41. The number of aromatic nitrogens is 3. The Bertz CT molecular complexity index is 1600. The first kappa shape index (κ1) is 20.8. The molecule has 176 valence electrons. The van der Waals surface area contributed by atoms with Gasteiger partial charge in [-0.05, 0) is 72.4 Å². The zero-order chi connectivity index (χ0) is 23.7. The van der Waals surface area contributed by atoms with E-state index in [-0.39, 0.29) is 5.52 Å². The number of hydrogen-bond donors (Lipinski definition) is 2. The van der Waals surface area contributed by atoms with Crippen molar-refractivity contribution >= 4 is 38.4 Å². The van der Waals surface area contributed by atoms with Crippen LogP contribution in [0, 0.1) is 29.4 Å². The van der Waals surface area contributed by atoms with Gasteiger partial charge >= 0.3 is 0 Å². The molecule has 3 fully saturated rings. The van der Waals surface area contributed by atoms with Crippen LogP contribution in [0.3, 0.4) is 0 Å². The molecular weight excluding hydrogens is 442 g/mol. The number of halogens is 2. The summed E-state index contributed by atoms with van der Waals surface area (Å²) >= 11 is 0. The van der Waals surface area contributed by atoms with Crippen LogP contribution >= 0.6 is 0 Å². The average molecular weight is 469 g/mol. The lowest BCUT2D eigenvalue weighted by Crippen LogP contribution is -2.47. The maximum Gasteiger partial charge on any atom is 0.164 e. The van der Waals surface area contributed by atoms with Crippen molar-refractivity contribution in [2.24, 2.45) is 17.8 Å². The lowest BCUT2D eigenvalue weighted by Gasteiger charge is -2.47. The van der Waals surface area contributed by atoms with Crippen molar-refractivity contribution < 1.29 is 8.78 Å². The van der Waals surface area contributed by atoms with Gasteiger partial charge in [-0.3, -0.25) is 0 Å². The summed E-state index contributed by atoms with van der Waals surface area (Å²) in [5, 5.41) is 7.47. The second-order valence-electron chi connectivity index (χ2n) is 10.3. The van der Waals surface area contributed by atoms with Gasteiger partial charge in [0.05, 0.1) is 11.0 Å². The molecule has 0 spiro atoms. The maximum absolute atomic E-state index is 14.4. The molecule has 0 aliphatic heterocycles. The van der Waals surface area contributed by atoms with Crippen molar-refractivity contribution in [2.45, 2.75) is 38.6 Å². The summed E-state index contributed by atoms with van der Waals surface area (Å²) in [7, 11) is 0. The number of aromatic amines is 1. The van der Waals surface area contributed by atoms with Crippen LogP contribution < -0.4 is 5.32 Å². The van der Waals surface area contributed by atoms with Gasteiger partial charge in [0.1, 0.15) is 17.5 Å². The van der Waals surface area contributed by atoms with Crippen molar-refractivity contribution in [2.75, 3.05) is 5.32 Å². The molecule has 2 aromatic heterocycles. The molecule has 3 saturated carbocycles. The highest BCUT2D eigenvalue weighted by atomic mass is 19.1. The molecule has 3 aromatic carbocycles. The summed E-state index contributed by atoms with van der Waals surface area (Å²) in [6.45, 7) is 2.36. The summed E-state index contributed by atoms with van der Waals surface area (Å²) in [6, 6.07) is 15.0. The van der Waals surface area contributed by atoms with Gasteiger partial charge in [-0.15, -0.1) is 0 Å². The first-order chi connectivity index (χ1) is 17.0. The van der Waals surface area contributed by atoms with Gasteiger partial charge in [-0.2, -0.15) is 0 Å². The van der Waals surface area contributed by atoms with Crippen LogP contribution in [0.15, 0.2) is 54.7 Å².